The minimum atomic E-state index is -0.819. The molecular formula is C13H21N5O3. The number of aromatic nitrogens is 3. The summed E-state index contributed by atoms with van der Waals surface area (Å²) in [6.45, 7) is 0.992. The first-order chi connectivity index (χ1) is 10.1. The molecule has 1 saturated heterocycles. The summed E-state index contributed by atoms with van der Waals surface area (Å²) in [5, 5.41) is 19.3. The van der Waals surface area contributed by atoms with E-state index < -0.39 is 5.97 Å². The summed E-state index contributed by atoms with van der Waals surface area (Å²) in [5.41, 5.74) is 0. The van der Waals surface area contributed by atoms with E-state index in [1.165, 1.54) is 0 Å². The van der Waals surface area contributed by atoms with Crippen LogP contribution in [0, 0.1) is 0 Å². The molecule has 1 atom stereocenters. The first kappa shape index (κ1) is 15.3. The predicted molar refractivity (Wildman–Crippen MR) is 74.5 cm³/mol. The third-order valence-electron chi connectivity index (χ3n) is 3.78. The van der Waals surface area contributed by atoms with Crippen molar-refractivity contribution in [1.82, 2.24) is 25.0 Å². The molecule has 0 aromatic carbocycles. The molecular weight excluding hydrogens is 274 g/mol. The zero-order valence-corrected chi connectivity index (χ0v) is 12.2. The highest BCUT2D eigenvalue weighted by atomic mass is 16.4. The van der Waals surface area contributed by atoms with Crippen molar-refractivity contribution in [2.75, 3.05) is 6.54 Å². The molecule has 1 aliphatic rings. The van der Waals surface area contributed by atoms with Crippen molar-refractivity contribution in [3.8, 4) is 0 Å². The van der Waals surface area contributed by atoms with Crippen LogP contribution in [0.4, 0.5) is 4.79 Å². The van der Waals surface area contributed by atoms with Crippen molar-refractivity contribution < 1.29 is 14.7 Å². The van der Waals surface area contributed by atoms with E-state index in [1.54, 1.807) is 15.8 Å². The number of carboxylic acid groups (broad SMARTS) is 1. The third-order valence-corrected chi connectivity index (χ3v) is 3.78. The molecule has 2 heterocycles. The van der Waals surface area contributed by atoms with Gasteiger partial charge in [0.1, 0.15) is 6.33 Å². The summed E-state index contributed by atoms with van der Waals surface area (Å²) >= 11 is 0. The number of aliphatic carboxylic acids is 1. The standard InChI is InChI=1S/C13H21N5O3/c1-17-9-15-16-11(17)8-14-13(21)18-7-3-2-4-10(18)5-6-12(19)20/h9-10H,2-8H2,1H3,(H,14,21)(H,19,20). The van der Waals surface area contributed by atoms with Crippen LogP contribution in [0.25, 0.3) is 0 Å². The van der Waals surface area contributed by atoms with E-state index in [0.29, 0.717) is 25.3 Å². The summed E-state index contributed by atoms with van der Waals surface area (Å²) in [6.07, 6.45) is 5.05. The Bertz CT molecular complexity index is 502. The average molecular weight is 295 g/mol. The van der Waals surface area contributed by atoms with Crippen molar-refractivity contribution in [1.29, 1.82) is 0 Å². The van der Waals surface area contributed by atoms with Crippen molar-refractivity contribution in [2.24, 2.45) is 7.05 Å². The molecule has 21 heavy (non-hydrogen) atoms. The van der Waals surface area contributed by atoms with Gasteiger partial charge in [-0.1, -0.05) is 0 Å². The van der Waals surface area contributed by atoms with Gasteiger partial charge in [0.05, 0.1) is 6.54 Å². The number of hydrogen-bond donors (Lipinski definition) is 2. The number of amides is 2. The molecule has 2 N–H and O–H groups in total. The Balaban J connectivity index is 1.88. The number of carbonyl (C=O) groups is 2. The molecule has 8 heteroatoms. The zero-order chi connectivity index (χ0) is 15.2. The fourth-order valence-corrected chi connectivity index (χ4v) is 2.58. The van der Waals surface area contributed by atoms with Crippen LogP contribution in [-0.4, -0.2) is 49.4 Å². The Hall–Kier alpha value is -2.12. The average Bonchev–Trinajstić information content (AvgIpc) is 2.88. The molecule has 0 aliphatic carbocycles. The SMILES string of the molecule is Cn1cnnc1CNC(=O)N1CCCCC1CCC(=O)O. The molecule has 2 amide bonds. The van der Waals surface area contributed by atoms with E-state index in [-0.39, 0.29) is 18.5 Å². The minimum Gasteiger partial charge on any atom is -0.481 e. The van der Waals surface area contributed by atoms with Gasteiger partial charge >= 0.3 is 12.0 Å². The van der Waals surface area contributed by atoms with E-state index in [0.717, 1.165) is 19.3 Å². The van der Waals surface area contributed by atoms with Crippen LogP contribution in [0.1, 0.15) is 37.9 Å². The molecule has 2 rings (SSSR count). The Morgan fingerprint density at radius 1 is 1.48 bits per heavy atom. The highest BCUT2D eigenvalue weighted by Crippen LogP contribution is 2.21. The summed E-state index contributed by atoms with van der Waals surface area (Å²) in [6, 6.07) is -0.151. The minimum absolute atomic E-state index is 0.00865. The van der Waals surface area contributed by atoms with Crippen LogP contribution in [-0.2, 0) is 18.4 Å². The van der Waals surface area contributed by atoms with E-state index in [9.17, 15) is 9.59 Å². The van der Waals surface area contributed by atoms with Crippen LogP contribution in [0.2, 0.25) is 0 Å². The molecule has 1 fully saturated rings. The number of hydrogen-bond acceptors (Lipinski definition) is 4. The summed E-state index contributed by atoms with van der Waals surface area (Å²) < 4.78 is 1.75. The van der Waals surface area contributed by atoms with Gasteiger partial charge in [0.25, 0.3) is 0 Å². The lowest BCUT2D eigenvalue weighted by Crippen LogP contribution is -2.48. The fourth-order valence-electron chi connectivity index (χ4n) is 2.58. The number of urea groups is 1. The van der Waals surface area contributed by atoms with Crippen molar-refractivity contribution in [2.45, 2.75) is 44.7 Å². The summed E-state index contributed by atoms with van der Waals surface area (Å²) in [5.74, 6) is -0.137. The molecule has 116 valence electrons. The quantitative estimate of drug-likeness (QED) is 0.834. The second kappa shape index (κ2) is 7.05. The molecule has 0 spiro atoms. The number of likely N-dealkylation sites (tertiary alicyclic amines) is 1. The number of aryl methyl sites for hydroxylation is 1. The first-order valence-corrected chi connectivity index (χ1v) is 7.17. The Morgan fingerprint density at radius 2 is 2.29 bits per heavy atom. The monoisotopic (exact) mass is 295 g/mol. The van der Waals surface area contributed by atoms with E-state index in [1.807, 2.05) is 7.05 Å². The lowest BCUT2D eigenvalue weighted by atomic mass is 9.98. The Morgan fingerprint density at radius 3 is 2.95 bits per heavy atom. The van der Waals surface area contributed by atoms with Crippen LogP contribution in [0.3, 0.4) is 0 Å². The van der Waals surface area contributed by atoms with Crippen LogP contribution in [0.5, 0.6) is 0 Å². The fraction of sp³-hybridized carbons (Fsp3) is 0.692. The van der Waals surface area contributed by atoms with Gasteiger partial charge in [-0.15, -0.1) is 10.2 Å². The van der Waals surface area contributed by atoms with Gasteiger partial charge in [0.15, 0.2) is 5.82 Å². The highest BCUT2D eigenvalue weighted by molar-refractivity contribution is 5.74. The molecule has 1 aromatic heterocycles. The summed E-state index contributed by atoms with van der Waals surface area (Å²) in [7, 11) is 1.82. The maximum absolute atomic E-state index is 12.3. The van der Waals surface area contributed by atoms with E-state index >= 15 is 0 Å². The Labute approximate surface area is 123 Å². The number of rotatable bonds is 5. The molecule has 8 nitrogen and oxygen atoms in total. The lowest BCUT2D eigenvalue weighted by molar-refractivity contribution is -0.137. The number of nitrogens with zero attached hydrogens (tertiary/aromatic N) is 4. The van der Waals surface area contributed by atoms with Gasteiger partial charge < -0.3 is 19.9 Å². The maximum atomic E-state index is 12.3. The maximum Gasteiger partial charge on any atom is 0.318 e. The van der Waals surface area contributed by atoms with Gasteiger partial charge in [0.2, 0.25) is 0 Å². The molecule has 1 unspecified atom stereocenters. The zero-order valence-electron chi connectivity index (χ0n) is 12.2. The van der Waals surface area contributed by atoms with Crippen LogP contribution in [0.15, 0.2) is 6.33 Å². The molecule has 0 saturated carbocycles. The second-order valence-corrected chi connectivity index (χ2v) is 5.29. The van der Waals surface area contributed by atoms with Crippen molar-refractivity contribution in [3.05, 3.63) is 12.2 Å². The van der Waals surface area contributed by atoms with Crippen LogP contribution < -0.4 is 5.32 Å². The van der Waals surface area contributed by atoms with Gasteiger partial charge in [-0.05, 0) is 25.7 Å². The van der Waals surface area contributed by atoms with Crippen molar-refractivity contribution in [3.63, 3.8) is 0 Å². The number of piperidine rings is 1. The lowest BCUT2D eigenvalue weighted by Gasteiger charge is -2.35. The number of nitrogens with one attached hydrogen (secondary N) is 1. The molecule has 0 radical (unpaired) electrons. The Kier molecular flexibility index (Phi) is 5.13. The first-order valence-electron chi connectivity index (χ1n) is 7.17. The van der Waals surface area contributed by atoms with Crippen molar-refractivity contribution >= 4 is 12.0 Å². The molecule has 0 bridgehead atoms. The number of carbonyl (C=O) groups excluding carboxylic acids is 1. The van der Waals surface area contributed by atoms with E-state index in [2.05, 4.69) is 15.5 Å². The predicted octanol–water partition coefficient (Wildman–Crippen LogP) is 0.744. The highest BCUT2D eigenvalue weighted by Gasteiger charge is 2.27. The molecule has 1 aromatic rings. The van der Waals surface area contributed by atoms with E-state index in [4.69, 9.17) is 5.11 Å². The normalized spacial score (nSPS) is 18.5. The van der Waals surface area contributed by atoms with Gasteiger partial charge in [-0.2, -0.15) is 0 Å². The van der Waals surface area contributed by atoms with Gasteiger partial charge in [-0.3, -0.25) is 4.79 Å². The molecule has 1 aliphatic heterocycles. The third kappa shape index (κ3) is 4.17. The largest absolute Gasteiger partial charge is 0.481 e. The van der Waals surface area contributed by atoms with Gasteiger partial charge in [0, 0.05) is 26.1 Å². The summed E-state index contributed by atoms with van der Waals surface area (Å²) in [4.78, 5) is 24.7. The van der Waals surface area contributed by atoms with Crippen LogP contribution >= 0.6 is 0 Å². The number of carboxylic acids is 1. The smallest absolute Gasteiger partial charge is 0.318 e. The second-order valence-electron chi connectivity index (χ2n) is 5.29. The van der Waals surface area contributed by atoms with Gasteiger partial charge in [-0.25, -0.2) is 4.79 Å². The topological polar surface area (TPSA) is 100 Å².